The summed E-state index contributed by atoms with van der Waals surface area (Å²) in [5.74, 6) is 1.42. The molecule has 0 amide bonds. The maximum absolute atomic E-state index is 13.3. The van der Waals surface area contributed by atoms with Gasteiger partial charge in [-0.05, 0) is 37.5 Å². The summed E-state index contributed by atoms with van der Waals surface area (Å²) in [7, 11) is 0. The van der Waals surface area contributed by atoms with Crippen molar-refractivity contribution in [3.8, 4) is 0 Å². The summed E-state index contributed by atoms with van der Waals surface area (Å²) in [6, 6.07) is 0. The van der Waals surface area contributed by atoms with E-state index in [0.29, 0.717) is 12.3 Å². The van der Waals surface area contributed by atoms with Crippen LogP contribution in [0.15, 0.2) is 0 Å². The first-order valence-electron chi connectivity index (χ1n) is 4.74. The summed E-state index contributed by atoms with van der Waals surface area (Å²) in [4.78, 5) is 0. The molecular weight excluding hydrogens is 139 g/mol. The Morgan fingerprint density at radius 1 is 1.45 bits per heavy atom. The molecule has 0 spiro atoms. The number of alkyl halides is 1. The SMILES string of the molecule is CCC1(F)CC(CC(C)C)C1. The van der Waals surface area contributed by atoms with E-state index in [1.807, 2.05) is 6.92 Å². The molecule has 0 aromatic heterocycles. The van der Waals surface area contributed by atoms with Gasteiger partial charge in [0.05, 0.1) is 0 Å². The van der Waals surface area contributed by atoms with E-state index in [2.05, 4.69) is 13.8 Å². The van der Waals surface area contributed by atoms with Crippen molar-refractivity contribution in [2.45, 2.75) is 52.1 Å². The van der Waals surface area contributed by atoms with Crippen LogP contribution < -0.4 is 0 Å². The monoisotopic (exact) mass is 158 g/mol. The van der Waals surface area contributed by atoms with Crippen LogP contribution in [0.25, 0.3) is 0 Å². The highest BCUT2D eigenvalue weighted by molar-refractivity contribution is 4.93. The molecule has 0 atom stereocenters. The van der Waals surface area contributed by atoms with Crippen LogP contribution in [-0.2, 0) is 0 Å². The van der Waals surface area contributed by atoms with Gasteiger partial charge in [-0.3, -0.25) is 0 Å². The average Bonchev–Trinajstić information content (AvgIpc) is 1.83. The third kappa shape index (κ3) is 2.18. The minimum atomic E-state index is -0.778. The summed E-state index contributed by atoms with van der Waals surface area (Å²) in [6.45, 7) is 6.37. The molecule has 11 heavy (non-hydrogen) atoms. The quantitative estimate of drug-likeness (QED) is 0.589. The molecule has 1 aliphatic rings. The fourth-order valence-electron chi connectivity index (χ4n) is 2.10. The normalized spacial score (nSPS) is 37.4. The molecule has 1 aliphatic carbocycles. The Labute approximate surface area is 69.2 Å². The van der Waals surface area contributed by atoms with Gasteiger partial charge in [-0.25, -0.2) is 4.39 Å². The molecule has 0 aliphatic heterocycles. The van der Waals surface area contributed by atoms with Crippen LogP contribution in [0, 0.1) is 11.8 Å². The van der Waals surface area contributed by atoms with Gasteiger partial charge in [-0.1, -0.05) is 20.8 Å². The van der Waals surface area contributed by atoms with Gasteiger partial charge in [-0.2, -0.15) is 0 Å². The Kier molecular flexibility index (Phi) is 2.56. The van der Waals surface area contributed by atoms with Crippen molar-refractivity contribution in [1.82, 2.24) is 0 Å². The van der Waals surface area contributed by atoms with Gasteiger partial charge in [0.2, 0.25) is 0 Å². The van der Waals surface area contributed by atoms with Gasteiger partial charge < -0.3 is 0 Å². The number of rotatable bonds is 3. The second-order valence-corrected chi connectivity index (χ2v) is 4.41. The lowest BCUT2D eigenvalue weighted by molar-refractivity contribution is -0.00471. The van der Waals surface area contributed by atoms with Crippen molar-refractivity contribution in [3.63, 3.8) is 0 Å². The van der Waals surface area contributed by atoms with Gasteiger partial charge in [-0.15, -0.1) is 0 Å². The molecule has 0 heterocycles. The molecule has 0 saturated heterocycles. The van der Waals surface area contributed by atoms with Gasteiger partial charge in [0.1, 0.15) is 5.67 Å². The molecule has 0 radical (unpaired) electrons. The minimum Gasteiger partial charge on any atom is -0.244 e. The lowest BCUT2D eigenvalue weighted by atomic mass is 9.68. The summed E-state index contributed by atoms with van der Waals surface area (Å²) in [5, 5.41) is 0. The Hall–Kier alpha value is -0.0700. The van der Waals surface area contributed by atoms with Crippen LogP contribution in [0.3, 0.4) is 0 Å². The Balaban J connectivity index is 2.18. The average molecular weight is 158 g/mol. The van der Waals surface area contributed by atoms with Crippen molar-refractivity contribution in [2.24, 2.45) is 11.8 Å². The van der Waals surface area contributed by atoms with Crippen LogP contribution in [0.1, 0.15) is 46.5 Å². The summed E-state index contributed by atoms with van der Waals surface area (Å²) >= 11 is 0. The third-order valence-electron chi connectivity index (χ3n) is 2.75. The molecule has 1 heteroatoms. The second-order valence-electron chi connectivity index (χ2n) is 4.41. The molecule has 1 rings (SSSR count). The first kappa shape index (κ1) is 9.02. The molecule has 0 aromatic rings. The van der Waals surface area contributed by atoms with Crippen LogP contribution in [0.4, 0.5) is 4.39 Å². The van der Waals surface area contributed by atoms with E-state index in [4.69, 9.17) is 0 Å². The predicted molar refractivity (Wildman–Crippen MR) is 46.3 cm³/mol. The van der Waals surface area contributed by atoms with Crippen molar-refractivity contribution < 1.29 is 4.39 Å². The zero-order chi connectivity index (χ0) is 8.48. The number of halogens is 1. The van der Waals surface area contributed by atoms with Crippen molar-refractivity contribution in [3.05, 3.63) is 0 Å². The van der Waals surface area contributed by atoms with E-state index in [-0.39, 0.29) is 0 Å². The smallest absolute Gasteiger partial charge is 0.111 e. The number of hydrogen-bond acceptors (Lipinski definition) is 0. The first-order chi connectivity index (χ1) is 5.06. The fourth-order valence-corrected chi connectivity index (χ4v) is 2.10. The highest BCUT2D eigenvalue weighted by Gasteiger charge is 2.42. The van der Waals surface area contributed by atoms with Gasteiger partial charge in [0.25, 0.3) is 0 Å². The molecule has 0 N–H and O–H groups in total. The standard InChI is InChI=1S/C10H19F/c1-4-10(11)6-9(7-10)5-8(2)3/h8-9H,4-7H2,1-3H3. The maximum atomic E-state index is 13.3. The molecular formula is C10H19F. The highest BCUT2D eigenvalue weighted by atomic mass is 19.1. The second kappa shape index (κ2) is 3.12. The van der Waals surface area contributed by atoms with E-state index >= 15 is 0 Å². The van der Waals surface area contributed by atoms with E-state index in [1.54, 1.807) is 0 Å². The first-order valence-corrected chi connectivity index (χ1v) is 4.74. The Bertz CT molecular complexity index is 123. The lowest BCUT2D eigenvalue weighted by Crippen LogP contribution is -2.39. The lowest BCUT2D eigenvalue weighted by Gasteiger charge is -2.41. The topological polar surface area (TPSA) is 0 Å². The van der Waals surface area contributed by atoms with E-state index < -0.39 is 5.67 Å². The summed E-state index contributed by atoms with van der Waals surface area (Å²) in [5.41, 5.74) is -0.778. The molecule has 66 valence electrons. The molecule has 0 nitrogen and oxygen atoms in total. The van der Waals surface area contributed by atoms with Crippen molar-refractivity contribution in [1.29, 1.82) is 0 Å². The van der Waals surface area contributed by atoms with Crippen LogP contribution in [0.2, 0.25) is 0 Å². The van der Waals surface area contributed by atoms with E-state index in [9.17, 15) is 4.39 Å². The molecule has 1 fully saturated rings. The highest BCUT2D eigenvalue weighted by Crippen LogP contribution is 2.46. The van der Waals surface area contributed by atoms with Gasteiger partial charge in [0.15, 0.2) is 0 Å². The van der Waals surface area contributed by atoms with Crippen molar-refractivity contribution >= 4 is 0 Å². The molecule has 0 aromatic carbocycles. The summed E-state index contributed by atoms with van der Waals surface area (Å²) in [6.07, 6.45) is 3.57. The summed E-state index contributed by atoms with van der Waals surface area (Å²) < 4.78 is 13.3. The minimum absolute atomic E-state index is 0.681. The maximum Gasteiger partial charge on any atom is 0.111 e. The van der Waals surface area contributed by atoms with E-state index in [0.717, 1.165) is 18.8 Å². The Morgan fingerprint density at radius 2 is 2.00 bits per heavy atom. The zero-order valence-electron chi connectivity index (χ0n) is 7.86. The molecule has 0 bridgehead atoms. The Morgan fingerprint density at radius 3 is 2.36 bits per heavy atom. The zero-order valence-corrected chi connectivity index (χ0v) is 7.86. The third-order valence-corrected chi connectivity index (χ3v) is 2.75. The number of hydrogen-bond donors (Lipinski definition) is 0. The predicted octanol–water partition coefficient (Wildman–Crippen LogP) is 3.56. The van der Waals surface area contributed by atoms with Crippen molar-refractivity contribution in [2.75, 3.05) is 0 Å². The van der Waals surface area contributed by atoms with E-state index in [1.165, 1.54) is 6.42 Å². The molecule has 1 saturated carbocycles. The fraction of sp³-hybridized carbons (Fsp3) is 1.00. The molecule has 0 unspecified atom stereocenters. The van der Waals surface area contributed by atoms with Crippen LogP contribution in [-0.4, -0.2) is 5.67 Å². The largest absolute Gasteiger partial charge is 0.244 e. The van der Waals surface area contributed by atoms with Gasteiger partial charge in [0, 0.05) is 0 Å². The van der Waals surface area contributed by atoms with Crippen LogP contribution in [0.5, 0.6) is 0 Å². The van der Waals surface area contributed by atoms with Crippen LogP contribution >= 0.6 is 0 Å². The van der Waals surface area contributed by atoms with Gasteiger partial charge >= 0.3 is 0 Å².